The third kappa shape index (κ3) is 3.54. The standard InChI is InChI=1S/C23H17FO2S/c24-22-4-2-1-3-19(22)16-7-10-20(21(13-16)17-11-12-26-14-17)23(25)15-5-8-18(27)9-6-15/h1-14,23,25,27H. The van der Waals surface area contributed by atoms with Gasteiger partial charge in [-0.15, -0.1) is 12.6 Å². The summed E-state index contributed by atoms with van der Waals surface area (Å²) in [4.78, 5) is 0.830. The molecule has 1 heterocycles. The third-order valence-electron chi connectivity index (χ3n) is 4.57. The largest absolute Gasteiger partial charge is 0.472 e. The van der Waals surface area contributed by atoms with E-state index >= 15 is 0 Å². The number of thiol groups is 1. The van der Waals surface area contributed by atoms with Crippen LogP contribution in [-0.4, -0.2) is 5.11 Å². The van der Waals surface area contributed by atoms with E-state index in [0.717, 1.165) is 32.7 Å². The second kappa shape index (κ2) is 7.43. The van der Waals surface area contributed by atoms with Crippen molar-refractivity contribution in [1.29, 1.82) is 0 Å². The molecule has 4 aromatic rings. The maximum Gasteiger partial charge on any atom is 0.131 e. The number of hydrogen-bond acceptors (Lipinski definition) is 3. The van der Waals surface area contributed by atoms with Crippen molar-refractivity contribution >= 4 is 12.6 Å². The molecule has 3 aromatic carbocycles. The summed E-state index contributed by atoms with van der Waals surface area (Å²) >= 11 is 4.29. The normalized spacial score (nSPS) is 12.1. The van der Waals surface area contributed by atoms with Crippen LogP contribution in [-0.2, 0) is 0 Å². The highest BCUT2D eigenvalue weighted by molar-refractivity contribution is 7.80. The Morgan fingerprint density at radius 2 is 1.63 bits per heavy atom. The topological polar surface area (TPSA) is 33.4 Å². The smallest absolute Gasteiger partial charge is 0.131 e. The van der Waals surface area contributed by atoms with Gasteiger partial charge in [-0.2, -0.15) is 0 Å². The van der Waals surface area contributed by atoms with E-state index in [0.29, 0.717) is 5.56 Å². The minimum absolute atomic E-state index is 0.284. The summed E-state index contributed by atoms with van der Waals surface area (Å²) in [6.07, 6.45) is 2.38. The van der Waals surface area contributed by atoms with E-state index in [2.05, 4.69) is 12.6 Å². The zero-order valence-corrected chi connectivity index (χ0v) is 15.2. The molecule has 1 unspecified atom stereocenters. The van der Waals surface area contributed by atoms with Gasteiger partial charge in [-0.1, -0.05) is 42.5 Å². The van der Waals surface area contributed by atoms with Crippen molar-refractivity contribution in [2.75, 3.05) is 0 Å². The molecule has 4 heteroatoms. The monoisotopic (exact) mass is 376 g/mol. The fraction of sp³-hybridized carbons (Fsp3) is 0.0435. The van der Waals surface area contributed by atoms with Crippen LogP contribution in [0.4, 0.5) is 4.39 Å². The van der Waals surface area contributed by atoms with E-state index in [1.165, 1.54) is 6.07 Å². The van der Waals surface area contributed by atoms with E-state index in [1.807, 2.05) is 48.5 Å². The van der Waals surface area contributed by atoms with Crippen molar-refractivity contribution in [2.45, 2.75) is 11.0 Å². The summed E-state index contributed by atoms with van der Waals surface area (Å²) in [7, 11) is 0. The zero-order valence-electron chi connectivity index (χ0n) is 14.3. The Kier molecular flexibility index (Phi) is 4.84. The van der Waals surface area contributed by atoms with Crippen LogP contribution in [0.2, 0.25) is 0 Å². The van der Waals surface area contributed by atoms with Crippen LogP contribution in [0.5, 0.6) is 0 Å². The average molecular weight is 376 g/mol. The third-order valence-corrected chi connectivity index (χ3v) is 4.87. The van der Waals surface area contributed by atoms with E-state index in [1.54, 1.807) is 30.7 Å². The molecule has 4 rings (SSSR count). The number of halogens is 1. The van der Waals surface area contributed by atoms with Crippen molar-refractivity contribution in [3.05, 3.63) is 102 Å². The second-order valence-electron chi connectivity index (χ2n) is 6.29. The molecule has 27 heavy (non-hydrogen) atoms. The SMILES string of the molecule is OC(c1ccc(S)cc1)c1ccc(-c2ccccc2F)cc1-c1ccoc1. The highest BCUT2D eigenvalue weighted by Gasteiger charge is 2.18. The quantitative estimate of drug-likeness (QED) is 0.421. The number of benzene rings is 3. The summed E-state index contributed by atoms with van der Waals surface area (Å²) in [5.41, 5.74) is 4.37. The van der Waals surface area contributed by atoms with Crippen LogP contribution in [0.3, 0.4) is 0 Å². The minimum Gasteiger partial charge on any atom is -0.472 e. The van der Waals surface area contributed by atoms with Gasteiger partial charge in [0.1, 0.15) is 11.9 Å². The van der Waals surface area contributed by atoms with Gasteiger partial charge >= 0.3 is 0 Å². The minimum atomic E-state index is -0.821. The van der Waals surface area contributed by atoms with Crippen LogP contribution < -0.4 is 0 Å². The van der Waals surface area contributed by atoms with Gasteiger partial charge in [0.05, 0.1) is 12.5 Å². The predicted octanol–water partition coefficient (Wildman–Crippen LogP) is 6.12. The molecule has 0 amide bonds. The maximum atomic E-state index is 14.2. The van der Waals surface area contributed by atoms with E-state index < -0.39 is 6.10 Å². The molecule has 0 aliphatic rings. The van der Waals surface area contributed by atoms with Crippen LogP contribution >= 0.6 is 12.6 Å². The number of rotatable bonds is 4. The van der Waals surface area contributed by atoms with Crippen LogP contribution in [0.1, 0.15) is 17.2 Å². The highest BCUT2D eigenvalue weighted by atomic mass is 32.1. The van der Waals surface area contributed by atoms with Gasteiger partial charge in [0.2, 0.25) is 0 Å². The molecular weight excluding hydrogens is 359 g/mol. The van der Waals surface area contributed by atoms with E-state index in [9.17, 15) is 9.50 Å². The summed E-state index contributed by atoms with van der Waals surface area (Å²) < 4.78 is 19.5. The number of hydrogen-bond donors (Lipinski definition) is 2. The predicted molar refractivity (Wildman–Crippen MR) is 107 cm³/mol. The Balaban J connectivity index is 1.84. The molecule has 0 spiro atoms. The molecule has 1 aromatic heterocycles. The Morgan fingerprint density at radius 1 is 0.852 bits per heavy atom. The maximum absolute atomic E-state index is 14.2. The Morgan fingerprint density at radius 3 is 2.33 bits per heavy atom. The second-order valence-corrected chi connectivity index (χ2v) is 6.80. The molecule has 0 radical (unpaired) electrons. The number of furan rings is 1. The lowest BCUT2D eigenvalue weighted by atomic mass is 9.90. The van der Waals surface area contributed by atoms with Crippen molar-refractivity contribution in [2.24, 2.45) is 0 Å². The van der Waals surface area contributed by atoms with Gasteiger partial charge in [-0.05, 0) is 52.6 Å². The van der Waals surface area contributed by atoms with Gasteiger partial charge in [0, 0.05) is 16.0 Å². The summed E-state index contributed by atoms with van der Waals surface area (Å²) in [6, 6.07) is 21.4. The van der Waals surface area contributed by atoms with E-state index in [-0.39, 0.29) is 5.82 Å². The number of aliphatic hydroxyl groups is 1. The Hall–Kier alpha value is -2.82. The van der Waals surface area contributed by atoms with Crippen molar-refractivity contribution in [3.63, 3.8) is 0 Å². The zero-order chi connectivity index (χ0) is 18.8. The molecular formula is C23H17FO2S. The summed E-state index contributed by atoms with van der Waals surface area (Å²) in [5.74, 6) is -0.284. The first kappa shape index (κ1) is 17.6. The molecule has 134 valence electrons. The molecule has 0 bridgehead atoms. The Bertz CT molecular complexity index is 1060. The molecule has 2 nitrogen and oxygen atoms in total. The lowest BCUT2D eigenvalue weighted by Crippen LogP contribution is -2.02. The molecule has 0 aliphatic heterocycles. The van der Waals surface area contributed by atoms with Crippen LogP contribution in [0.25, 0.3) is 22.3 Å². The summed E-state index contributed by atoms with van der Waals surface area (Å²) in [6.45, 7) is 0. The van der Waals surface area contributed by atoms with Crippen LogP contribution in [0.15, 0.2) is 94.6 Å². The lowest BCUT2D eigenvalue weighted by Gasteiger charge is -2.17. The van der Waals surface area contributed by atoms with Gasteiger partial charge in [-0.3, -0.25) is 0 Å². The molecule has 1 N–H and O–H groups in total. The molecule has 1 atom stereocenters. The molecule has 0 saturated carbocycles. The van der Waals surface area contributed by atoms with Gasteiger partial charge < -0.3 is 9.52 Å². The average Bonchev–Trinajstić information content (AvgIpc) is 3.23. The first-order chi connectivity index (χ1) is 13.1. The van der Waals surface area contributed by atoms with E-state index in [4.69, 9.17) is 4.42 Å². The fourth-order valence-electron chi connectivity index (χ4n) is 3.16. The fourth-order valence-corrected chi connectivity index (χ4v) is 3.31. The number of aliphatic hydroxyl groups excluding tert-OH is 1. The van der Waals surface area contributed by atoms with Crippen LogP contribution in [0, 0.1) is 5.82 Å². The van der Waals surface area contributed by atoms with Gasteiger partial charge in [-0.25, -0.2) is 4.39 Å². The first-order valence-corrected chi connectivity index (χ1v) is 8.96. The summed E-state index contributed by atoms with van der Waals surface area (Å²) in [5, 5.41) is 10.9. The van der Waals surface area contributed by atoms with Crippen molar-refractivity contribution < 1.29 is 13.9 Å². The molecule has 0 saturated heterocycles. The first-order valence-electron chi connectivity index (χ1n) is 8.52. The Labute approximate surface area is 162 Å². The van der Waals surface area contributed by atoms with Gasteiger partial charge in [0.15, 0.2) is 0 Å². The molecule has 0 fully saturated rings. The van der Waals surface area contributed by atoms with Gasteiger partial charge in [0.25, 0.3) is 0 Å². The highest BCUT2D eigenvalue weighted by Crippen LogP contribution is 2.36. The molecule has 0 aliphatic carbocycles. The lowest BCUT2D eigenvalue weighted by molar-refractivity contribution is 0.221. The van der Waals surface area contributed by atoms with Crippen molar-refractivity contribution in [1.82, 2.24) is 0 Å². The van der Waals surface area contributed by atoms with Crippen molar-refractivity contribution in [3.8, 4) is 22.3 Å².